The number of rotatable bonds is 3. The normalized spacial score (nSPS) is 10.1. The van der Waals surface area contributed by atoms with Gasteiger partial charge in [-0.05, 0) is 43.2 Å². The van der Waals surface area contributed by atoms with Crippen LogP contribution in [-0.2, 0) is 0 Å². The van der Waals surface area contributed by atoms with Gasteiger partial charge in [0.1, 0.15) is 0 Å². The highest BCUT2D eigenvalue weighted by Gasteiger charge is 2.11. The minimum absolute atomic E-state index is 0.753. The largest absolute Gasteiger partial charge is 0.388 e. The van der Waals surface area contributed by atoms with E-state index in [1.165, 1.54) is 16.7 Å². The van der Waals surface area contributed by atoms with Crippen molar-refractivity contribution < 1.29 is 0 Å². The molecule has 0 atom stereocenters. The van der Waals surface area contributed by atoms with E-state index in [2.05, 4.69) is 43.4 Å². The van der Waals surface area contributed by atoms with Crippen molar-refractivity contribution in [3.8, 4) is 0 Å². The van der Waals surface area contributed by atoms with Crippen molar-refractivity contribution in [2.24, 2.45) is 0 Å². The first kappa shape index (κ1) is 13.7. The van der Waals surface area contributed by atoms with Crippen molar-refractivity contribution >= 4 is 22.9 Å². The van der Waals surface area contributed by atoms with Gasteiger partial charge in [0, 0.05) is 23.3 Å². The van der Waals surface area contributed by atoms with Gasteiger partial charge in [0.2, 0.25) is 0 Å². The lowest BCUT2D eigenvalue weighted by Gasteiger charge is -2.16. The van der Waals surface area contributed by atoms with Crippen LogP contribution in [0.1, 0.15) is 25.0 Å². The summed E-state index contributed by atoms with van der Waals surface area (Å²) in [5.41, 5.74) is 5.93. The molecule has 0 radical (unpaired) electrons. The summed E-state index contributed by atoms with van der Waals surface area (Å²) in [5, 5.41) is 3.99. The first-order valence-electron chi connectivity index (χ1n) is 6.34. The lowest BCUT2D eigenvalue weighted by molar-refractivity contribution is 1.36. The molecule has 0 aliphatic rings. The molecular formula is C17H18ClN. The van der Waals surface area contributed by atoms with Crippen LogP contribution in [0.15, 0.2) is 54.1 Å². The van der Waals surface area contributed by atoms with Gasteiger partial charge in [-0.2, -0.15) is 0 Å². The molecule has 0 fully saturated rings. The van der Waals surface area contributed by atoms with Gasteiger partial charge < -0.3 is 5.32 Å². The maximum Gasteiger partial charge on any atom is 0.0418 e. The molecule has 0 heterocycles. The van der Waals surface area contributed by atoms with Crippen LogP contribution < -0.4 is 5.32 Å². The lowest BCUT2D eigenvalue weighted by atomic mass is 9.93. The van der Waals surface area contributed by atoms with Crippen molar-refractivity contribution in [1.82, 2.24) is 0 Å². The molecular weight excluding hydrogens is 254 g/mol. The number of hydrogen-bond donors (Lipinski definition) is 1. The van der Waals surface area contributed by atoms with E-state index in [0.717, 1.165) is 16.3 Å². The zero-order valence-corrected chi connectivity index (χ0v) is 12.3. The molecule has 0 saturated carbocycles. The zero-order chi connectivity index (χ0) is 13.8. The summed E-state index contributed by atoms with van der Waals surface area (Å²) in [6.07, 6.45) is 0. The maximum absolute atomic E-state index is 6.16. The number of hydrogen-bond acceptors (Lipinski definition) is 1. The average Bonchev–Trinajstić information content (AvgIpc) is 2.40. The van der Waals surface area contributed by atoms with E-state index in [4.69, 9.17) is 11.6 Å². The van der Waals surface area contributed by atoms with Gasteiger partial charge in [-0.15, -0.1) is 0 Å². The van der Waals surface area contributed by atoms with E-state index in [1.807, 2.05) is 31.3 Å². The van der Waals surface area contributed by atoms with E-state index in [0.29, 0.717) is 0 Å². The van der Waals surface area contributed by atoms with Crippen molar-refractivity contribution in [2.75, 3.05) is 12.4 Å². The molecule has 1 nitrogen and oxygen atoms in total. The fourth-order valence-corrected chi connectivity index (χ4v) is 2.43. The molecule has 0 amide bonds. The second-order valence-corrected chi connectivity index (χ2v) is 5.12. The molecule has 0 bridgehead atoms. The number of nitrogens with one attached hydrogen (secondary N) is 1. The Bertz CT molecular complexity index is 596. The molecule has 98 valence electrons. The van der Waals surface area contributed by atoms with Crippen molar-refractivity contribution in [3.05, 3.63) is 70.3 Å². The number of anilines is 1. The van der Waals surface area contributed by atoms with Gasteiger partial charge in [0.05, 0.1) is 0 Å². The van der Waals surface area contributed by atoms with Gasteiger partial charge in [0.15, 0.2) is 0 Å². The fourth-order valence-electron chi connectivity index (χ4n) is 2.26. The fraction of sp³-hybridized carbons (Fsp3) is 0.176. The lowest BCUT2D eigenvalue weighted by Crippen LogP contribution is -1.98. The molecule has 19 heavy (non-hydrogen) atoms. The first-order valence-corrected chi connectivity index (χ1v) is 6.72. The summed E-state index contributed by atoms with van der Waals surface area (Å²) in [7, 11) is 1.93. The Hall–Kier alpha value is -1.73. The summed E-state index contributed by atoms with van der Waals surface area (Å²) in [6, 6.07) is 16.3. The SMILES string of the molecule is CNc1ccc(Cl)cc1C(=C(C)C)c1ccccc1. The average molecular weight is 272 g/mol. The molecule has 0 aliphatic heterocycles. The standard InChI is InChI=1S/C17H18ClN/c1-12(2)17(13-7-5-4-6-8-13)15-11-14(18)9-10-16(15)19-3/h4-11,19H,1-3H3. The van der Waals surface area contributed by atoms with Crippen molar-refractivity contribution in [1.29, 1.82) is 0 Å². The van der Waals surface area contributed by atoms with Crippen LogP contribution in [0.4, 0.5) is 5.69 Å². The zero-order valence-electron chi connectivity index (χ0n) is 11.5. The second kappa shape index (κ2) is 5.94. The Labute approximate surface area is 119 Å². The third-order valence-electron chi connectivity index (χ3n) is 3.08. The Morgan fingerprint density at radius 1 is 1.00 bits per heavy atom. The summed E-state index contributed by atoms with van der Waals surface area (Å²) >= 11 is 6.16. The maximum atomic E-state index is 6.16. The van der Waals surface area contributed by atoms with Crippen LogP contribution in [0.2, 0.25) is 5.02 Å². The highest BCUT2D eigenvalue weighted by atomic mass is 35.5. The Morgan fingerprint density at radius 3 is 2.26 bits per heavy atom. The molecule has 2 rings (SSSR count). The van der Waals surface area contributed by atoms with E-state index >= 15 is 0 Å². The molecule has 0 aromatic heterocycles. The minimum atomic E-state index is 0.753. The van der Waals surface area contributed by atoms with Gasteiger partial charge in [0.25, 0.3) is 0 Å². The third-order valence-corrected chi connectivity index (χ3v) is 3.32. The van der Waals surface area contributed by atoms with Crippen LogP contribution in [0.5, 0.6) is 0 Å². The molecule has 0 unspecified atom stereocenters. The predicted molar refractivity (Wildman–Crippen MR) is 84.8 cm³/mol. The number of benzene rings is 2. The van der Waals surface area contributed by atoms with Crippen LogP contribution in [0.25, 0.3) is 5.57 Å². The summed E-state index contributed by atoms with van der Waals surface area (Å²) in [5.74, 6) is 0. The Morgan fingerprint density at radius 2 is 1.68 bits per heavy atom. The molecule has 2 heteroatoms. The molecule has 1 N–H and O–H groups in total. The quantitative estimate of drug-likeness (QED) is 0.807. The number of allylic oxidation sites excluding steroid dienone is 1. The molecule has 0 saturated heterocycles. The molecule has 2 aromatic carbocycles. The highest BCUT2D eigenvalue weighted by molar-refractivity contribution is 6.31. The van der Waals surface area contributed by atoms with Gasteiger partial charge in [-0.1, -0.05) is 47.5 Å². The Kier molecular flexibility index (Phi) is 4.28. The Balaban J connectivity index is 2.66. The van der Waals surface area contributed by atoms with Crippen LogP contribution in [0.3, 0.4) is 0 Å². The summed E-state index contributed by atoms with van der Waals surface area (Å²) in [6.45, 7) is 4.26. The van der Waals surface area contributed by atoms with Gasteiger partial charge in [-0.25, -0.2) is 0 Å². The third kappa shape index (κ3) is 2.99. The summed E-state index contributed by atoms with van der Waals surface area (Å²) in [4.78, 5) is 0. The van der Waals surface area contributed by atoms with Gasteiger partial charge >= 0.3 is 0 Å². The van der Waals surface area contributed by atoms with E-state index in [9.17, 15) is 0 Å². The van der Waals surface area contributed by atoms with Crippen LogP contribution in [-0.4, -0.2) is 7.05 Å². The summed E-state index contributed by atoms with van der Waals surface area (Å²) < 4.78 is 0. The minimum Gasteiger partial charge on any atom is -0.388 e. The van der Waals surface area contributed by atoms with Crippen molar-refractivity contribution in [3.63, 3.8) is 0 Å². The molecule has 0 spiro atoms. The second-order valence-electron chi connectivity index (χ2n) is 4.68. The predicted octanol–water partition coefficient (Wildman–Crippen LogP) is 5.22. The van der Waals surface area contributed by atoms with E-state index in [-0.39, 0.29) is 0 Å². The topological polar surface area (TPSA) is 12.0 Å². The molecule has 2 aromatic rings. The van der Waals surface area contributed by atoms with Crippen LogP contribution in [0, 0.1) is 0 Å². The van der Waals surface area contributed by atoms with Crippen LogP contribution >= 0.6 is 11.6 Å². The van der Waals surface area contributed by atoms with Gasteiger partial charge in [-0.3, -0.25) is 0 Å². The van der Waals surface area contributed by atoms with Crippen molar-refractivity contribution in [2.45, 2.75) is 13.8 Å². The van der Waals surface area contributed by atoms with E-state index < -0.39 is 0 Å². The first-order chi connectivity index (χ1) is 9.13. The monoisotopic (exact) mass is 271 g/mol. The molecule has 0 aliphatic carbocycles. The number of halogens is 1. The smallest absolute Gasteiger partial charge is 0.0418 e. The van der Waals surface area contributed by atoms with E-state index in [1.54, 1.807) is 0 Å². The highest BCUT2D eigenvalue weighted by Crippen LogP contribution is 2.33.